The Balaban J connectivity index is 1.74. The van der Waals surface area contributed by atoms with Gasteiger partial charge in [-0.3, -0.25) is 14.9 Å². The number of aromatic nitrogens is 1. The fraction of sp³-hybridized carbons (Fsp3) is 0.0455. The topological polar surface area (TPSA) is 88.7 Å². The number of amides is 1. The van der Waals surface area contributed by atoms with Crippen LogP contribution in [-0.2, 0) is 0 Å². The number of fused-ring (bicyclic) bond motifs is 1. The van der Waals surface area contributed by atoms with Crippen LogP contribution in [0.3, 0.4) is 0 Å². The molecule has 0 atom stereocenters. The summed E-state index contributed by atoms with van der Waals surface area (Å²) >= 11 is 4.76. The van der Waals surface area contributed by atoms with Gasteiger partial charge in [-0.25, -0.2) is 4.98 Å². The minimum atomic E-state index is -0.465. The van der Waals surface area contributed by atoms with Crippen molar-refractivity contribution < 1.29 is 9.72 Å². The van der Waals surface area contributed by atoms with Gasteiger partial charge in [-0.05, 0) is 60.5 Å². The van der Waals surface area contributed by atoms with Crippen LogP contribution in [0.2, 0.25) is 0 Å². The fourth-order valence-corrected chi connectivity index (χ4v) is 4.27. The molecule has 0 bridgehead atoms. The van der Waals surface area contributed by atoms with Crippen molar-refractivity contribution in [1.82, 2.24) is 4.98 Å². The van der Waals surface area contributed by atoms with Crippen molar-refractivity contribution in [2.45, 2.75) is 6.92 Å². The average Bonchev–Trinajstić information content (AvgIpc) is 3.16. The van der Waals surface area contributed by atoms with E-state index in [1.54, 1.807) is 30.3 Å². The second-order valence-corrected chi connectivity index (χ2v) is 8.61. The van der Waals surface area contributed by atoms with Crippen LogP contribution in [0.5, 0.6) is 0 Å². The van der Waals surface area contributed by atoms with Crippen molar-refractivity contribution >= 4 is 60.4 Å². The van der Waals surface area contributed by atoms with Crippen LogP contribution in [0.15, 0.2) is 76.3 Å². The third-order valence-electron chi connectivity index (χ3n) is 4.40. The number of nitrogens with zero attached hydrogens (tertiary/aromatic N) is 4. The van der Waals surface area contributed by atoms with E-state index in [1.165, 1.54) is 34.7 Å². The summed E-state index contributed by atoms with van der Waals surface area (Å²) in [5.74, 6) is -0.338. The summed E-state index contributed by atoms with van der Waals surface area (Å²) < 4.78 is 1.73. The van der Waals surface area contributed by atoms with Crippen LogP contribution in [-0.4, -0.2) is 22.0 Å². The number of hydrogen-bond acceptors (Lipinski definition) is 6. The van der Waals surface area contributed by atoms with Crippen molar-refractivity contribution in [3.63, 3.8) is 0 Å². The summed E-state index contributed by atoms with van der Waals surface area (Å²) in [7, 11) is 0. The minimum absolute atomic E-state index is 0.0132. The summed E-state index contributed by atoms with van der Waals surface area (Å²) in [6, 6.07) is 18.9. The van der Waals surface area contributed by atoms with E-state index < -0.39 is 4.92 Å². The molecule has 0 spiro atoms. The number of nitro groups is 1. The van der Waals surface area contributed by atoms with Gasteiger partial charge in [-0.15, -0.1) is 0 Å². The molecular weight excluding hydrogens is 480 g/mol. The molecule has 0 unspecified atom stereocenters. The highest BCUT2D eigenvalue weighted by Gasteiger charge is 2.21. The number of benzene rings is 3. The summed E-state index contributed by atoms with van der Waals surface area (Å²) in [4.78, 5) is 28.2. The fourth-order valence-electron chi connectivity index (χ4n) is 2.85. The Morgan fingerprint density at radius 2 is 1.94 bits per heavy atom. The quantitative estimate of drug-likeness (QED) is 0.194. The highest BCUT2D eigenvalue weighted by Crippen LogP contribution is 2.31. The number of aryl methyl sites for hydroxylation is 1. The van der Waals surface area contributed by atoms with Crippen molar-refractivity contribution in [1.29, 1.82) is 0 Å². The SMILES string of the molecule is Cc1ccc2nc(N(/N=C/c3ccc([N+](=O)[O-])cc3)C(=O)c3cccc(Br)c3)sc2c1. The molecule has 0 saturated carbocycles. The molecule has 1 aromatic heterocycles. The Kier molecular flexibility index (Phi) is 5.88. The van der Waals surface area contributed by atoms with E-state index in [2.05, 4.69) is 26.0 Å². The molecule has 0 saturated heterocycles. The Labute approximate surface area is 189 Å². The van der Waals surface area contributed by atoms with Crippen molar-refractivity contribution in [3.8, 4) is 0 Å². The molecule has 4 aromatic rings. The third kappa shape index (κ3) is 4.68. The average molecular weight is 495 g/mol. The molecule has 0 aliphatic heterocycles. The van der Waals surface area contributed by atoms with E-state index in [1.807, 2.05) is 31.2 Å². The molecule has 1 heterocycles. The maximum atomic E-state index is 13.3. The lowest BCUT2D eigenvalue weighted by atomic mass is 10.2. The van der Waals surface area contributed by atoms with Gasteiger partial charge in [0.15, 0.2) is 0 Å². The maximum Gasteiger partial charge on any atom is 0.280 e. The first-order valence-corrected chi connectivity index (χ1v) is 10.8. The zero-order valence-electron chi connectivity index (χ0n) is 16.2. The van der Waals surface area contributed by atoms with E-state index in [-0.39, 0.29) is 11.6 Å². The summed E-state index contributed by atoms with van der Waals surface area (Å²) in [6.45, 7) is 2.00. The number of thiazole rings is 1. The van der Waals surface area contributed by atoms with Gasteiger partial charge < -0.3 is 0 Å². The highest BCUT2D eigenvalue weighted by molar-refractivity contribution is 9.10. The molecule has 9 heteroatoms. The maximum absolute atomic E-state index is 13.3. The third-order valence-corrected chi connectivity index (χ3v) is 5.89. The van der Waals surface area contributed by atoms with E-state index in [9.17, 15) is 14.9 Å². The Morgan fingerprint density at radius 3 is 2.65 bits per heavy atom. The minimum Gasteiger partial charge on any atom is -0.267 e. The van der Waals surface area contributed by atoms with Gasteiger partial charge >= 0.3 is 0 Å². The zero-order chi connectivity index (χ0) is 22.0. The molecule has 0 N–H and O–H groups in total. The van der Waals surface area contributed by atoms with Crippen molar-refractivity contribution in [3.05, 3.63) is 98.0 Å². The number of halogens is 1. The van der Waals surface area contributed by atoms with Crippen LogP contribution >= 0.6 is 27.3 Å². The number of carbonyl (C=O) groups is 1. The van der Waals surface area contributed by atoms with Crippen LogP contribution in [0, 0.1) is 17.0 Å². The lowest BCUT2D eigenvalue weighted by Crippen LogP contribution is -2.25. The van der Waals surface area contributed by atoms with E-state index in [4.69, 9.17) is 0 Å². The molecule has 154 valence electrons. The smallest absolute Gasteiger partial charge is 0.267 e. The number of hydrazone groups is 1. The lowest BCUT2D eigenvalue weighted by molar-refractivity contribution is -0.384. The van der Waals surface area contributed by atoms with Crippen LogP contribution in [0.1, 0.15) is 21.5 Å². The largest absolute Gasteiger partial charge is 0.280 e. The van der Waals surface area contributed by atoms with Crippen LogP contribution in [0.25, 0.3) is 10.2 Å². The molecule has 0 aliphatic carbocycles. The zero-order valence-corrected chi connectivity index (χ0v) is 18.6. The van der Waals surface area contributed by atoms with Crippen molar-refractivity contribution in [2.24, 2.45) is 5.10 Å². The summed E-state index contributed by atoms with van der Waals surface area (Å²) in [5, 5.41) is 16.9. The standard InChI is InChI=1S/C22H15BrN4O3S/c1-14-5-10-19-20(11-14)31-22(25-19)26(21(28)16-3-2-4-17(23)12-16)24-13-15-6-8-18(9-7-15)27(29)30/h2-13H,1H3/b24-13+. The lowest BCUT2D eigenvalue weighted by Gasteiger charge is -2.14. The van der Waals surface area contributed by atoms with E-state index in [0.29, 0.717) is 16.3 Å². The van der Waals surface area contributed by atoms with Gasteiger partial charge in [0.05, 0.1) is 21.4 Å². The number of non-ortho nitro benzene ring substituents is 1. The Bertz CT molecular complexity index is 1320. The number of carbonyl (C=O) groups excluding carboxylic acids is 1. The van der Waals surface area contributed by atoms with Gasteiger partial charge in [0, 0.05) is 22.2 Å². The predicted molar refractivity (Wildman–Crippen MR) is 126 cm³/mol. The second-order valence-electron chi connectivity index (χ2n) is 6.69. The number of hydrogen-bond donors (Lipinski definition) is 0. The molecule has 4 rings (SSSR count). The second kappa shape index (κ2) is 8.75. The normalized spacial score (nSPS) is 11.2. The van der Waals surface area contributed by atoms with Gasteiger partial charge in [0.25, 0.3) is 11.6 Å². The Morgan fingerprint density at radius 1 is 1.16 bits per heavy atom. The first-order chi connectivity index (χ1) is 14.9. The molecule has 1 amide bonds. The van der Waals surface area contributed by atoms with Gasteiger partial charge in [0.1, 0.15) is 0 Å². The highest BCUT2D eigenvalue weighted by atomic mass is 79.9. The number of anilines is 1. The molecule has 0 aliphatic rings. The van der Waals surface area contributed by atoms with E-state index >= 15 is 0 Å². The molecule has 0 fully saturated rings. The summed E-state index contributed by atoms with van der Waals surface area (Å²) in [6.07, 6.45) is 1.48. The van der Waals surface area contributed by atoms with E-state index in [0.717, 1.165) is 20.3 Å². The number of nitro benzene ring substituents is 1. The predicted octanol–water partition coefficient (Wildman–Crippen LogP) is 5.96. The van der Waals surface area contributed by atoms with Gasteiger partial charge in [-0.1, -0.05) is 39.4 Å². The van der Waals surface area contributed by atoms with Gasteiger partial charge in [0.2, 0.25) is 5.13 Å². The number of rotatable bonds is 5. The van der Waals surface area contributed by atoms with Gasteiger partial charge in [-0.2, -0.15) is 10.1 Å². The monoisotopic (exact) mass is 494 g/mol. The molecule has 0 radical (unpaired) electrons. The molecule has 31 heavy (non-hydrogen) atoms. The molecular formula is C22H15BrN4O3S. The molecule has 7 nitrogen and oxygen atoms in total. The summed E-state index contributed by atoms with van der Waals surface area (Å²) in [5.41, 5.74) is 2.94. The molecule has 3 aromatic carbocycles. The van der Waals surface area contributed by atoms with Crippen LogP contribution < -0.4 is 5.01 Å². The van der Waals surface area contributed by atoms with Crippen molar-refractivity contribution in [2.75, 3.05) is 5.01 Å². The first kappa shape index (κ1) is 20.8. The Hall–Kier alpha value is -3.43. The first-order valence-electron chi connectivity index (χ1n) is 9.16. The van der Waals surface area contributed by atoms with Crippen LogP contribution in [0.4, 0.5) is 10.8 Å².